The highest BCUT2D eigenvalue weighted by atomic mass is 16.5. The van der Waals surface area contributed by atoms with Crippen LogP contribution < -0.4 is 0 Å². The van der Waals surface area contributed by atoms with Gasteiger partial charge in [-0.3, -0.25) is 4.79 Å². The van der Waals surface area contributed by atoms with Gasteiger partial charge in [-0.2, -0.15) is 0 Å². The Morgan fingerprint density at radius 1 is 1.82 bits per heavy atom. The Labute approximate surface area is 66.2 Å². The largest absolute Gasteiger partial charge is 0.468 e. The molecule has 0 aromatic heterocycles. The number of amidine groups is 1. The molecule has 0 radical (unpaired) electrons. The molecule has 0 aromatic carbocycles. The number of carbonyl (C=O) groups excluding carboxylic acids is 1. The first-order valence-electron chi connectivity index (χ1n) is 3.24. The first kappa shape index (κ1) is 9.68. The molecular weight excluding hydrogens is 144 g/mol. The minimum absolute atomic E-state index is 0.262. The van der Waals surface area contributed by atoms with E-state index in [1.807, 2.05) is 6.92 Å². The molecule has 0 heterocycles. The molecule has 0 spiro atoms. The molecule has 0 saturated carbocycles. The summed E-state index contributed by atoms with van der Waals surface area (Å²) in [5.41, 5.74) is 0. The van der Waals surface area contributed by atoms with Crippen LogP contribution in [0.2, 0.25) is 0 Å². The molecule has 0 saturated heterocycles. The number of hydrogen-bond donors (Lipinski definition) is 0. The summed E-state index contributed by atoms with van der Waals surface area (Å²) in [6.07, 6.45) is 1.93. The van der Waals surface area contributed by atoms with Gasteiger partial charge in [0.1, 0.15) is 0 Å². The monoisotopic (exact) mass is 156 g/mol. The van der Waals surface area contributed by atoms with E-state index in [0.717, 1.165) is 0 Å². The average molecular weight is 156 g/mol. The van der Waals surface area contributed by atoms with Crippen molar-refractivity contribution >= 4 is 12.4 Å². The Kier molecular flexibility index (Phi) is 4.81. The van der Waals surface area contributed by atoms with Crippen LogP contribution in [-0.4, -0.2) is 31.0 Å². The lowest BCUT2D eigenvalue weighted by Crippen LogP contribution is -2.25. The van der Waals surface area contributed by atoms with E-state index in [4.69, 9.17) is 4.74 Å². The zero-order valence-electron chi connectivity index (χ0n) is 6.78. The Hall–Kier alpha value is -1.32. The molecule has 62 valence electrons. The third-order valence-corrected chi connectivity index (χ3v) is 1.01. The molecule has 4 heteroatoms. The quantitative estimate of drug-likeness (QED) is 0.341. The van der Waals surface area contributed by atoms with E-state index in [1.54, 1.807) is 0 Å². The highest BCUT2D eigenvalue weighted by molar-refractivity contribution is 5.85. The highest BCUT2D eigenvalue weighted by Gasteiger charge is 2.04. The molecule has 0 aliphatic rings. The summed E-state index contributed by atoms with van der Waals surface area (Å²) in [4.78, 5) is 15.4. The number of ether oxygens (including phenoxy) is 1. The van der Waals surface area contributed by atoms with Crippen LogP contribution in [0.25, 0.3) is 0 Å². The number of methoxy groups -OCH3 is 1. The van der Waals surface area contributed by atoms with Crippen molar-refractivity contribution in [2.45, 2.75) is 6.92 Å². The maximum absolute atomic E-state index is 10.3. The van der Waals surface area contributed by atoms with E-state index in [1.165, 1.54) is 18.2 Å². The van der Waals surface area contributed by atoms with E-state index in [-0.39, 0.29) is 6.02 Å². The van der Waals surface area contributed by atoms with Crippen LogP contribution in [0.15, 0.2) is 17.8 Å². The Morgan fingerprint density at radius 3 is 2.73 bits per heavy atom. The predicted octanol–water partition coefficient (Wildman–Crippen LogP) is 0.611. The fourth-order valence-corrected chi connectivity index (χ4v) is 0.553. The highest BCUT2D eigenvalue weighted by Crippen LogP contribution is 1.89. The van der Waals surface area contributed by atoms with E-state index in [0.29, 0.717) is 13.0 Å². The number of rotatable bonds is 3. The molecule has 0 unspecified atom stereocenters. The zero-order valence-corrected chi connectivity index (χ0v) is 6.78. The summed E-state index contributed by atoms with van der Waals surface area (Å²) in [7, 11) is 1.45. The van der Waals surface area contributed by atoms with Gasteiger partial charge in [-0.15, -0.1) is 0 Å². The number of nitrogens with zero attached hydrogens (tertiary/aromatic N) is 2. The lowest BCUT2D eigenvalue weighted by atomic mass is 10.7. The van der Waals surface area contributed by atoms with Crippen molar-refractivity contribution in [1.29, 1.82) is 0 Å². The maximum atomic E-state index is 10.3. The summed E-state index contributed by atoms with van der Waals surface area (Å²) >= 11 is 0. The van der Waals surface area contributed by atoms with Gasteiger partial charge in [0.2, 0.25) is 6.41 Å². The average Bonchev–Trinajstić information content (AvgIpc) is 2.05. The van der Waals surface area contributed by atoms with Crippen LogP contribution in [0.5, 0.6) is 0 Å². The van der Waals surface area contributed by atoms with Crippen LogP contribution in [-0.2, 0) is 9.53 Å². The van der Waals surface area contributed by atoms with Gasteiger partial charge in [0.25, 0.3) is 6.02 Å². The molecule has 0 atom stereocenters. The lowest BCUT2D eigenvalue weighted by molar-refractivity contribution is -0.113. The van der Waals surface area contributed by atoms with Crippen molar-refractivity contribution in [3.8, 4) is 0 Å². The second kappa shape index (κ2) is 5.46. The fraction of sp³-hybridized carbons (Fsp3) is 0.429. The molecular formula is C7H12N2O2. The molecule has 0 bridgehead atoms. The van der Waals surface area contributed by atoms with Gasteiger partial charge in [0, 0.05) is 12.7 Å². The minimum atomic E-state index is 0.262. The molecule has 11 heavy (non-hydrogen) atoms. The number of carbonyl (C=O) groups is 1. The van der Waals surface area contributed by atoms with Gasteiger partial charge < -0.3 is 4.74 Å². The van der Waals surface area contributed by atoms with E-state index >= 15 is 0 Å². The van der Waals surface area contributed by atoms with Crippen LogP contribution in [0.4, 0.5) is 0 Å². The maximum Gasteiger partial charge on any atom is 0.297 e. The third kappa shape index (κ3) is 2.84. The second-order valence-corrected chi connectivity index (χ2v) is 1.66. The molecule has 0 rings (SSSR count). The Balaban J connectivity index is 4.32. The summed E-state index contributed by atoms with van der Waals surface area (Å²) in [6, 6.07) is 0.262. The SMILES string of the molecule is C=CN(C=O)/C(=N\CC)OC. The lowest BCUT2D eigenvalue weighted by Gasteiger charge is -2.11. The van der Waals surface area contributed by atoms with Gasteiger partial charge in [-0.05, 0) is 6.92 Å². The third-order valence-electron chi connectivity index (χ3n) is 1.01. The van der Waals surface area contributed by atoms with Crippen LogP contribution in [0.1, 0.15) is 6.92 Å². The number of amides is 1. The standard InChI is InChI=1S/C7H12N2O2/c1-4-8-7(11-3)9(5-2)6-10/h5-6H,2,4H2,1,3H3/b8-7+. The first-order valence-corrected chi connectivity index (χ1v) is 3.24. The van der Waals surface area contributed by atoms with Crippen molar-refractivity contribution in [1.82, 2.24) is 4.90 Å². The van der Waals surface area contributed by atoms with E-state index in [9.17, 15) is 4.79 Å². The molecule has 0 N–H and O–H groups in total. The molecule has 1 amide bonds. The zero-order chi connectivity index (χ0) is 8.69. The van der Waals surface area contributed by atoms with Crippen LogP contribution >= 0.6 is 0 Å². The molecule has 0 aliphatic heterocycles. The van der Waals surface area contributed by atoms with Crippen molar-refractivity contribution in [3.05, 3.63) is 12.8 Å². The van der Waals surface area contributed by atoms with Crippen molar-refractivity contribution in [2.24, 2.45) is 4.99 Å². The predicted molar refractivity (Wildman–Crippen MR) is 43.1 cm³/mol. The van der Waals surface area contributed by atoms with Gasteiger partial charge in [0.05, 0.1) is 7.11 Å². The summed E-state index contributed by atoms with van der Waals surface area (Å²) in [6.45, 7) is 5.84. The summed E-state index contributed by atoms with van der Waals surface area (Å²) in [5, 5.41) is 0. The van der Waals surface area contributed by atoms with E-state index in [2.05, 4.69) is 11.6 Å². The van der Waals surface area contributed by atoms with Crippen LogP contribution in [0.3, 0.4) is 0 Å². The topological polar surface area (TPSA) is 41.9 Å². The summed E-state index contributed by atoms with van der Waals surface area (Å²) in [5.74, 6) is 0. The number of hydrogen-bond acceptors (Lipinski definition) is 3. The van der Waals surface area contributed by atoms with Gasteiger partial charge in [0.15, 0.2) is 0 Å². The van der Waals surface area contributed by atoms with Crippen molar-refractivity contribution < 1.29 is 9.53 Å². The molecule has 0 aromatic rings. The minimum Gasteiger partial charge on any atom is -0.468 e. The van der Waals surface area contributed by atoms with Crippen LogP contribution in [0, 0.1) is 0 Å². The van der Waals surface area contributed by atoms with Gasteiger partial charge >= 0.3 is 0 Å². The van der Waals surface area contributed by atoms with Gasteiger partial charge in [-0.1, -0.05) is 6.58 Å². The fourth-order valence-electron chi connectivity index (χ4n) is 0.553. The molecule has 0 fully saturated rings. The Bertz CT molecular complexity index is 158. The second-order valence-electron chi connectivity index (χ2n) is 1.66. The number of aliphatic imine (C=N–C) groups is 1. The van der Waals surface area contributed by atoms with Gasteiger partial charge in [-0.25, -0.2) is 9.89 Å². The first-order chi connectivity index (χ1) is 5.29. The normalized spacial score (nSPS) is 10.5. The van der Waals surface area contributed by atoms with Crippen molar-refractivity contribution in [3.63, 3.8) is 0 Å². The van der Waals surface area contributed by atoms with E-state index < -0.39 is 0 Å². The smallest absolute Gasteiger partial charge is 0.297 e. The Morgan fingerprint density at radius 2 is 2.45 bits per heavy atom. The molecule has 4 nitrogen and oxygen atoms in total. The summed E-state index contributed by atoms with van der Waals surface area (Å²) < 4.78 is 4.81. The molecule has 0 aliphatic carbocycles. The van der Waals surface area contributed by atoms with Crippen molar-refractivity contribution in [2.75, 3.05) is 13.7 Å².